The van der Waals surface area contributed by atoms with Crippen LogP contribution >= 0.6 is 0 Å². The smallest absolute Gasteiger partial charge is 0.378 e. The van der Waals surface area contributed by atoms with Gasteiger partial charge in [-0.2, -0.15) is 4.98 Å². The van der Waals surface area contributed by atoms with Crippen molar-refractivity contribution < 1.29 is 14.3 Å². The number of fused-ring (bicyclic) bond motifs is 1. The van der Waals surface area contributed by atoms with Crippen LogP contribution in [0, 0.1) is 27.7 Å². The first kappa shape index (κ1) is 18.5. The molecular formula is C19H21N5O3. The van der Waals surface area contributed by atoms with E-state index in [-0.39, 0.29) is 18.2 Å². The molecule has 8 heteroatoms. The summed E-state index contributed by atoms with van der Waals surface area (Å²) in [7, 11) is 0. The van der Waals surface area contributed by atoms with Gasteiger partial charge in [0.05, 0.1) is 0 Å². The lowest BCUT2D eigenvalue weighted by Gasteiger charge is -2.06. The Morgan fingerprint density at radius 1 is 1.15 bits per heavy atom. The summed E-state index contributed by atoms with van der Waals surface area (Å²) >= 11 is 0. The van der Waals surface area contributed by atoms with Gasteiger partial charge >= 0.3 is 5.97 Å². The fourth-order valence-corrected chi connectivity index (χ4v) is 3.02. The summed E-state index contributed by atoms with van der Waals surface area (Å²) < 4.78 is 8.57. The van der Waals surface area contributed by atoms with Crippen molar-refractivity contribution in [1.82, 2.24) is 24.1 Å². The van der Waals surface area contributed by atoms with Gasteiger partial charge in [-0.05, 0) is 39.8 Å². The van der Waals surface area contributed by atoms with E-state index in [1.165, 1.54) is 4.52 Å². The molecule has 3 aromatic rings. The molecule has 0 radical (unpaired) electrons. The van der Waals surface area contributed by atoms with E-state index in [2.05, 4.69) is 21.6 Å². The van der Waals surface area contributed by atoms with Gasteiger partial charge in [0.1, 0.15) is 0 Å². The number of carbonyl (C=O) groups is 2. The third-order valence-corrected chi connectivity index (χ3v) is 4.32. The highest BCUT2D eigenvalue weighted by molar-refractivity contribution is 6.00. The Balaban J connectivity index is 1.74. The third kappa shape index (κ3) is 3.51. The van der Waals surface area contributed by atoms with E-state index in [0.29, 0.717) is 17.9 Å². The average Bonchev–Trinajstić information content (AvgIpc) is 3.16. The number of ketones is 1. The molecule has 0 saturated carbocycles. The number of allylic oxidation sites excluding steroid dienone is 1. The van der Waals surface area contributed by atoms with Crippen molar-refractivity contribution in [2.24, 2.45) is 0 Å². The molecule has 0 fully saturated rings. The maximum atomic E-state index is 12.5. The second kappa shape index (κ2) is 7.14. The molecular weight excluding hydrogens is 346 g/mol. The van der Waals surface area contributed by atoms with E-state index in [4.69, 9.17) is 4.74 Å². The first-order valence-electron chi connectivity index (χ1n) is 8.50. The predicted octanol–water partition coefficient (Wildman–Crippen LogP) is 2.39. The van der Waals surface area contributed by atoms with Gasteiger partial charge in [0.25, 0.3) is 11.6 Å². The fraction of sp³-hybridized carbons (Fsp3) is 0.316. The minimum Gasteiger partial charge on any atom is -0.451 e. The maximum absolute atomic E-state index is 12.5. The van der Waals surface area contributed by atoms with Crippen LogP contribution < -0.4 is 0 Å². The van der Waals surface area contributed by atoms with Crippen LogP contribution in [0.3, 0.4) is 0 Å². The van der Waals surface area contributed by atoms with E-state index in [9.17, 15) is 9.59 Å². The molecule has 0 aliphatic heterocycles. The summed E-state index contributed by atoms with van der Waals surface area (Å²) in [6.07, 6.45) is 1.76. The lowest BCUT2D eigenvalue weighted by molar-refractivity contribution is 0.0462. The van der Waals surface area contributed by atoms with Crippen molar-refractivity contribution >= 4 is 17.5 Å². The van der Waals surface area contributed by atoms with E-state index in [1.807, 2.05) is 38.3 Å². The highest BCUT2D eigenvalue weighted by Gasteiger charge is 2.20. The number of hydrogen-bond donors (Lipinski definition) is 0. The van der Waals surface area contributed by atoms with Gasteiger partial charge < -0.3 is 9.30 Å². The van der Waals surface area contributed by atoms with Crippen LogP contribution in [0.15, 0.2) is 24.8 Å². The Bertz CT molecular complexity index is 1060. The SMILES string of the molecule is C=CCn1c(C)cc(C(=O)COC(=O)c2nc3nc(C)cc(C)n3n2)c1C. The summed E-state index contributed by atoms with van der Waals surface area (Å²) in [6, 6.07) is 3.62. The number of esters is 1. The Kier molecular flexibility index (Phi) is 4.89. The summed E-state index contributed by atoms with van der Waals surface area (Å²) in [5.41, 5.74) is 3.86. The summed E-state index contributed by atoms with van der Waals surface area (Å²) in [6.45, 7) is 11.4. The largest absolute Gasteiger partial charge is 0.451 e. The second-order valence-electron chi connectivity index (χ2n) is 6.37. The van der Waals surface area contributed by atoms with Crippen molar-refractivity contribution in [3.8, 4) is 0 Å². The highest BCUT2D eigenvalue weighted by Crippen LogP contribution is 2.16. The number of carbonyl (C=O) groups excluding carboxylic acids is 2. The number of nitrogens with zero attached hydrogens (tertiary/aromatic N) is 5. The van der Waals surface area contributed by atoms with Gasteiger partial charge in [0.2, 0.25) is 5.78 Å². The van der Waals surface area contributed by atoms with E-state index in [1.54, 1.807) is 12.1 Å². The van der Waals surface area contributed by atoms with Gasteiger partial charge in [0, 0.05) is 34.9 Å². The Morgan fingerprint density at radius 3 is 2.59 bits per heavy atom. The van der Waals surface area contributed by atoms with Crippen molar-refractivity contribution in [3.63, 3.8) is 0 Å². The topological polar surface area (TPSA) is 91.4 Å². The van der Waals surface area contributed by atoms with Crippen LogP contribution in [-0.2, 0) is 11.3 Å². The quantitative estimate of drug-likeness (QED) is 0.377. The number of rotatable bonds is 6. The molecule has 0 N–H and O–H groups in total. The highest BCUT2D eigenvalue weighted by atomic mass is 16.5. The number of ether oxygens (including phenoxy) is 1. The van der Waals surface area contributed by atoms with Crippen LogP contribution in [-0.4, -0.2) is 42.5 Å². The zero-order valence-electron chi connectivity index (χ0n) is 15.8. The molecule has 0 aromatic carbocycles. The lowest BCUT2D eigenvalue weighted by Crippen LogP contribution is -2.16. The minimum absolute atomic E-state index is 0.124. The maximum Gasteiger partial charge on any atom is 0.378 e. The van der Waals surface area contributed by atoms with E-state index in [0.717, 1.165) is 22.8 Å². The van der Waals surface area contributed by atoms with Crippen molar-refractivity contribution in [1.29, 1.82) is 0 Å². The molecule has 140 valence electrons. The monoisotopic (exact) mass is 367 g/mol. The van der Waals surface area contributed by atoms with Gasteiger partial charge in [-0.15, -0.1) is 11.7 Å². The molecule has 0 atom stereocenters. The molecule has 8 nitrogen and oxygen atoms in total. The molecule has 0 spiro atoms. The first-order chi connectivity index (χ1) is 12.8. The van der Waals surface area contributed by atoms with E-state index < -0.39 is 5.97 Å². The van der Waals surface area contributed by atoms with Crippen LogP contribution in [0.25, 0.3) is 5.78 Å². The van der Waals surface area contributed by atoms with E-state index >= 15 is 0 Å². The predicted molar refractivity (Wildman–Crippen MR) is 99.0 cm³/mol. The van der Waals surface area contributed by atoms with Gasteiger partial charge in [-0.1, -0.05) is 6.08 Å². The fourth-order valence-electron chi connectivity index (χ4n) is 3.02. The molecule has 0 aliphatic rings. The Labute approximate surface area is 156 Å². The number of hydrogen-bond acceptors (Lipinski definition) is 6. The molecule has 3 rings (SSSR count). The van der Waals surface area contributed by atoms with Gasteiger partial charge in [-0.25, -0.2) is 14.3 Å². The molecule has 0 bridgehead atoms. The molecule has 0 saturated heterocycles. The molecule has 3 heterocycles. The number of aryl methyl sites for hydroxylation is 3. The lowest BCUT2D eigenvalue weighted by atomic mass is 10.1. The van der Waals surface area contributed by atoms with Crippen LogP contribution in [0.2, 0.25) is 0 Å². The third-order valence-electron chi connectivity index (χ3n) is 4.32. The van der Waals surface area contributed by atoms with Crippen molar-refractivity contribution in [2.45, 2.75) is 34.2 Å². The molecule has 0 aliphatic carbocycles. The molecule has 27 heavy (non-hydrogen) atoms. The normalized spacial score (nSPS) is 11.0. The van der Waals surface area contributed by atoms with Crippen LogP contribution in [0.4, 0.5) is 0 Å². The van der Waals surface area contributed by atoms with Crippen molar-refractivity contribution in [3.05, 3.63) is 59.0 Å². The van der Waals surface area contributed by atoms with Gasteiger partial charge in [0.15, 0.2) is 6.61 Å². The van der Waals surface area contributed by atoms with Gasteiger partial charge in [-0.3, -0.25) is 4.79 Å². The first-order valence-corrected chi connectivity index (χ1v) is 8.50. The average molecular weight is 367 g/mol. The van der Waals surface area contributed by atoms with Crippen molar-refractivity contribution in [2.75, 3.05) is 6.61 Å². The zero-order valence-corrected chi connectivity index (χ0v) is 15.8. The molecule has 0 amide bonds. The standard InChI is InChI=1S/C19H21N5O3/c1-6-7-23-12(3)9-15(14(23)5)16(25)10-27-18(26)17-21-19-20-11(2)8-13(4)24(19)22-17/h6,8-9H,1,7,10H2,2-5H3. The summed E-state index contributed by atoms with van der Waals surface area (Å²) in [5, 5.41) is 4.11. The Morgan fingerprint density at radius 2 is 1.89 bits per heavy atom. The zero-order chi connectivity index (χ0) is 19.7. The molecule has 3 aromatic heterocycles. The Hall–Kier alpha value is -3.29. The number of aromatic nitrogens is 5. The summed E-state index contributed by atoms with van der Waals surface area (Å²) in [4.78, 5) is 33.0. The molecule has 0 unspecified atom stereocenters. The van der Waals surface area contributed by atoms with Crippen LogP contribution in [0.5, 0.6) is 0 Å². The number of Topliss-reactive ketones (excluding diaryl/α,β-unsaturated/α-hetero) is 1. The second-order valence-corrected chi connectivity index (χ2v) is 6.37. The summed E-state index contributed by atoms with van der Waals surface area (Å²) in [5.74, 6) is -0.841. The van der Waals surface area contributed by atoms with Crippen LogP contribution in [0.1, 0.15) is 43.8 Å². The minimum atomic E-state index is -0.759.